The number of anilines is 1. The van der Waals surface area contributed by atoms with Crippen molar-refractivity contribution in [2.45, 2.75) is 52.0 Å². The zero-order valence-corrected chi connectivity index (χ0v) is 21.6. The molecule has 1 aliphatic heterocycles. The van der Waals surface area contributed by atoms with Gasteiger partial charge in [0.05, 0.1) is 4.90 Å². The SMILES string of the molecule is CCN(CC)S(=O)(=O)c1ccc(CNC(=O)N2CCN(c3cc(C)nc(C(C)C)n3)CC2)cc1. The Bertz CT molecular complexity index is 1080. The lowest BCUT2D eigenvalue weighted by Crippen LogP contribution is -2.52. The molecule has 34 heavy (non-hydrogen) atoms. The first-order valence-electron chi connectivity index (χ1n) is 11.9. The molecule has 2 aromatic rings. The van der Waals surface area contributed by atoms with Gasteiger partial charge in [-0.25, -0.2) is 23.2 Å². The molecular weight excluding hydrogens is 452 g/mol. The predicted molar refractivity (Wildman–Crippen MR) is 133 cm³/mol. The first-order chi connectivity index (χ1) is 16.1. The molecule has 0 aliphatic carbocycles. The number of hydrogen-bond donors (Lipinski definition) is 1. The lowest BCUT2D eigenvalue weighted by atomic mass is 10.2. The summed E-state index contributed by atoms with van der Waals surface area (Å²) in [6.07, 6.45) is 0. The number of urea groups is 1. The highest BCUT2D eigenvalue weighted by atomic mass is 32.2. The highest BCUT2D eigenvalue weighted by Crippen LogP contribution is 2.19. The summed E-state index contributed by atoms with van der Waals surface area (Å²) >= 11 is 0. The van der Waals surface area contributed by atoms with Gasteiger partial charge in [-0.15, -0.1) is 0 Å². The van der Waals surface area contributed by atoms with Crippen LogP contribution in [-0.2, 0) is 16.6 Å². The van der Waals surface area contributed by atoms with E-state index >= 15 is 0 Å². The topological polar surface area (TPSA) is 98.7 Å². The molecule has 1 saturated heterocycles. The maximum absolute atomic E-state index is 12.7. The van der Waals surface area contributed by atoms with E-state index in [4.69, 9.17) is 4.98 Å². The van der Waals surface area contributed by atoms with Crippen LogP contribution >= 0.6 is 0 Å². The predicted octanol–water partition coefficient (Wildman–Crippen LogP) is 2.97. The molecule has 0 atom stereocenters. The van der Waals surface area contributed by atoms with E-state index in [1.165, 1.54) is 4.31 Å². The van der Waals surface area contributed by atoms with Crippen molar-refractivity contribution >= 4 is 21.9 Å². The molecule has 2 heterocycles. The molecule has 0 radical (unpaired) electrons. The maximum Gasteiger partial charge on any atom is 0.317 e. The van der Waals surface area contributed by atoms with Crippen LogP contribution in [0, 0.1) is 6.92 Å². The smallest absolute Gasteiger partial charge is 0.317 e. The molecule has 0 unspecified atom stereocenters. The van der Waals surface area contributed by atoms with Crippen LogP contribution in [0.5, 0.6) is 0 Å². The number of hydrogen-bond acceptors (Lipinski definition) is 6. The Morgan fingerprint density at radius 1 is 1.06 bits per heavy atom. The van der Waals surface area contributed by atoms with Gasteiger partial charge >= 0.3 is 6.03 Å². The van der Waals surface area contributed by atoms with Gasteiger partial charge in [0.25, 0.3) is 0 Å². The van der Waals surface area contributed by atoms with Crippen LogP contribution in [0.15, 0.2) is 35.2 Å². The third kappa shape index (κ3) is 6.04. The van der Waals surface area contributed by atoms with Crippen LogP contribution in [-0.4, -0.2) is 72.9 Å². The number of aromatic nitrogens is 2. The van der Waals surface area contributed by atoms with Crippen molar-refractivity contribution in [3.8, 4) is 0 Å². The number of sulfonamides is 1. The third-order valence-corrected chi connectivity index (χ3v) is 8.04. The van der Waals surface area contributed by atoms with Crippen LogP contribution in [0.2, 0.25) is 0 Å². The highest BCUT2D eigenvalue weighted by Gasteiger charge is 2.23. The fourth-order valence-electron chi connectivity index (χ4n) is 3.91. The summed E-state index contributed by atoms with van der Waals surface area (Å²) in [6.45, 7) is 13.6. The van der Waals surface area contributed by atoms with Crippen LogP contribution in [0.1, 0.15) is 50.7 Å². The fourth-order valence-corrected chi connectivity index (χ4v) is 5.37. The molecule has 2 amide bonds. The molecule has 10 heteroatoms. The number of carbonyl (C=O) groups is 1. The van der Waals surface area contributed by atoms with Crippen LogP contribution in [0.3, 0.4) is 0 Å². The molecule has 1 fully saturated rings. The standard InChI is InChI=1S/C24H36N6O3S/c1-6-30(7-2)34(32,33)21-10-8-20(9-11-21)17-25-24(31)29-14-12-28(13-15-29)22-16-19(5)26-23(27-22)18(3)4/h8-11,16,18H,6-7,12-15,17H2,1-5H3,(H,25,31). The Morgan fingerprint density at radius 2 is 1.68 bits per heavy atom. The number of carbonyl (C=O) groups excluding carboxylic acids is 1. The summed E-state index contributed by atoms with van der Waals surface area (Å²) in [5, 5.41) is 2.94. The maximum atomic E-state index is 12.7. The van der Waals surface area contributed by atoms with Crippen LogP contribution in [0.25, 0.3) is 0 Å². The van der Waals surface area contributed by atoms with Crippen molar-refractivity contribution in [3.05, 3.63) is 47.4 Å². The summed E-state index contributed by atoms with van der Waals surface area (Å²) in [6, 6.07) is 8.57. The quantitative estimate of drug-likeness (QED) is 0.613. The first-order valence-corrected chi connectivity index (χ1v) is 13.3. The van der Waals surface area contributed by atoms with Crippen LogP contribution < -0.4 is 10.2 Å². The molecule has 0 saturated carbocycles. The number of aryl methyl sites for hydroxylation is 1. The van der Waals surface area contributed by atoms with Gasteiger partial charge in [0.2, 0.25) is 10.0 Å². The first kappa shape index (κ1) is 25.9. The summed E-state index contributed by atoms with van der Waals surface area (Å²) in [7, 11) is -3.48. The molecule has 1 aliphatic rings. The van der Waals surface area contributed by atoms with E-state index in [-0.39, 0.29) is 16.8 Å². The second-order valence-electron chi connectivity index (χ2n) is 8.75. The highest BCUT2D eigenvalue weighted by molar-refractivity contribution is 7.89. The molecular formula is C24H36N6O3S. The Balaban J connectivity index is 1.53. The van der Waals surface area contributed by atoms with Gasteiger partial charge in [-0.2, -0.15) is 4.31 Å². The second kappa shape index (κ2) is 11.1. The molecule has 9 nitrogen and oxygen atoms in total. The molecule has 0 spiro atoms. The van der Waals surface area contributed by atoms with E-state index in [9.17, 15) is 13.2 Å². The van der Waals surface area contributed by atoms with Crippen molar-refractivity contribution in [3.63, 3.8) is 0 Å². The summed E-state index contributed by atoms with van der Waals surface area (Å²) in [4.78, 5) is 26.1. The number of benzene rings is 1. The summed E-state index contributed by atoms with van der Waals surface area (Å²) in [5.41, 5.74) is 1.80. The van der Waals surface area contributed by atoms with Gasteiger partial charge < -0.3 is 15.1 Å². The summed E-state index contributed by atoms with van der Waals surface area (Å²) in [5.74, 6) is 2.01. The number of piperazine rings is 1. The van der Waals surface area contributed by atoms with Crippen molar-refractivity contribution in [1.82, 2.24) is 24.5 Å². The number of nitrogens with zero attached hydrogens (tertiary/aromatic N) is 5. The molecule has 186 valence electrons. The number of nitrogens with one attached hydrogen (secondary N) is 1. The average molecular weight is 489 g/mol. The monoisotopic (exact) mass is 488 g/mol. The Labute approximate surface area is 203 Å². The van der Waals surface area contributed by atoms with Crippen LogP contribution in [0.4, 0.5) is 10.6 Å². The minimum atomic E-state index is -3.48. The third-order valence-electron chi connectivity index (χ3n) is 5.98. The molecule has 1 aromatic carbocycles. The van der Waals surface area contributed by atoms with Gasteiger partial charge in [0.1, 0.15) is 11.6 Å². The minimum absolute atomic E-state index is 0.124. The molecule has 1 N–H and O–H groups in total. The second-order valence-corrected chi connectivity index (χ2v) is 10.7. The van der Waals surface area contributed by atoms with Gasteiger partial charge in [0.15, 0.2) is 0 Å². The zero-order valence-electron chi connectivity index (χ0n) is 20.8. The van der Waals surface area contributed by atoms with Crippen molar-refractivity contribution in [2.75, 3.05) is 44.2 Å². The average Bonchev–Trinajstić information content (AvgIpc) is 2.83. The Kier molecular flexibility index (Phi) is 8.48. The minimum Gasteiger partial charge on any atom is -0.353 e. The van der Waals surface area contributed by atoms with Crippen molar-refractivity contribution in [1.29, 1.82) is 0 Å². The number of amides is 2. The zero-order chi connectivity index (χ0) is 24.9. The van der Waals surface area contributed by atoms with Gasteiger partial charge in [-0.3, -0.25) is 0 Å². The van der Waals surface area contributed by atoms with Gasteiger partial charge in [-0.05, 0) is 24.6 Å². The Morgan fingerprint density at radius 3 is 2.24 bits per heavy atom. The lowest BCUT2D eigenvalue weighted by molar-refractivity contribution is 0.194. The van der Waals surface area contributed by atoms with E-state index in [2.05, 4.69) is 29.0 Å². The van der Waals surface area contributed by atoms with E-state index < -0.39 is 10.0 Å². The van der Waals surface area contributed by atoms with E-state index in [1.807, 2.05) is 26.8 Å². The Hall–Kier alpha value is -2.72. The van der Waals surface area contributed by atoms with Gasteiger partial charge in [-0.1, -0.05) is 39.8 Å². The van der Waals surface area contributed by atoms with Gasteiger partial charge in [0, 0.05) is 63.5 Å². The molecule has 3 rings (SSSR count). The molecule has 1 aromatic heterocycles. The normalized spacial score (nSPS) is 14.7. The lowest BCUT2D eigenvalue weighted by Gasteiger charge is -2.35. The van der Waals surface area contributed by atoms with Crippen molar-refractivity contribution in [2.24, 2.45) is 0 Å². The van der Waals surface area contributed by atoms with Crippen molar-refractivity contribution < 1.29 is 13.2 Å². The largest absolute Gasteiger partial charge is 0.353 e. The van der Waals surface area contributed by atoms with E-state index in [0.717, 1.165) is 22.9 Å². The van der Waals surface area contributed by atoms with E-state index in [0.29, 0.717) is 45.8 Å². The fraction of sp³-hybridized carbons (Fsp3) is 0.542. The number of rotatable bonds is 8. The summed E-state index contributed by atoms with van der Waals surface area (Å²) < 4.78 is 26.7. The van der Waals surface area contributed by atoms with E-state index in [1.54, 1.807) is 29.2 Å². The molecule has 0 bridgehead atoms.